The van der Waals surface area contributed by atoms with Gasteiger partial charge in [0.25, 0.3) is 0 Å². The zero-order chi connectivity index (χ0) is 9.97. The van der Waals surface area contributed by atoms with Gasteiger partial charge in [-0.05, 0) is 25.2 Å². The average molecular weight is 257 g/mol. The third-order valence-corrected chi connectivity index (χ3v) is 2.69. The van der Waals surface area contributed by atoms with Gasteiger partial charge in [-0.15, -0.1) is 0 Å². The summed E-state index contributed by atoms with van der Waals surface area (Å²) in [4.78, 5) is 0. The molecule has 1 atom stereocenters. The summed E-state index contributed by atoms with van der Waals surface area (Å²) in [7, 11) is 1.94. The van der Waals surface area contributed by atoms with Crippen molar-refractivity contribution in [2.24, 2.45) is 0 Å². The van der Waals surface area contributed by atoms with Gasteiger partial charge in [-0.1, -0.05) is 15.9 Å². The van der Waals surface area contributed by atoms with E-state index in [9.17, 15) is 0 Å². The molecule has 0 saturated heterocycles. The molecular weight excluding hydrogens is 244 g/mol. The SMILES string of the molecule is CNCC1COc2cc(Br)ccc2N1. The van der Waals surface area contributed by atoms with E-state index in [1.165, 1.54) is 0 Å². The molecule has 0 saturated carbocycles. The first-order chi connectivity index (χ1) is 6.79. The van der Waals surface area contributed by atoms with Crippen LogP contribution in [-0.4, -0.2) is 26.2 Å². The largest absolute Gasteiger partial charge is 0.489 e. The molecule has 0 amide bonds. The minimum absolute atomic E-state index is 0.355. The first-order valence-corrected chi connectivity index (χ1v) is 5.42. The van der Waals surface area contributed by atoms with Crippen molar-refractivity contribution in [3.05, 3.63) is 22.7 Å². The lowest BCUT2D eigenvalue weighted by atomic mass is 10.2. The number of likely N-dealkylation sites (N-methyl/N-ethyl adjacent to an activating group) is 1. The van der Waals surface area contributed by atoms with Gasteiger partial charge >= 0.3 is 0 Å². The first kappa shape index (κ1) is 9.80. The van der Waals surface area contributed by atoms with Crippen molar-refractivity contribution in [2.45, 2.75) is 6.04 Å². The zero-order valence-corrected chi connectivity index (χ0v) is 9.60. The van der Waals surface area contributed by atoms with E-state index in [1.54, 1.807) is 0 Å². The Hall–Kier alpha value is -0.740. The summed E-state index contributed by atoms with van der Waals surface area (Å²) in [6, 6.07) is 6.38. The number of hydrogen-bond donors (Lipinski definition) is 2. The molecule has 0 bridgehead atoms. The van der Waals surface area contributed by atoms with E-state index in [0.29, 0.717) is 12.6 Å². The molecule has 0 fully saturated rings. The Morgan fingerprint density at radius 1 is 1.64 bits per heavy atom. The summed E-state index contributed by atoms with van der Waals surface area (Å²) in [6.07, 6.45) is 0. The summed E-state index contributed by atoms with van der Waals surface area (Å²) in [5.74, 6) is 0.923. The molecule has 1 aromatic rings. The van der Waals surface area contributed by atoms with Crippen LogP contribution in [0, 0.1) is 0 Å². The van der Waals surface area contributed by atoms with E-state index < -0.39 is 0 Å². The lowest BCUT2D eigenvalue weighted by Gasteiger charge is -2.27. The van der Waals surface area contributed by atoms with E-state index in [0.717, 1.165) is 22.5 Å². The van der Waals surface area contributed by atoms with E-state index >= 15 is 0 Å². The number of halogens is 1. The van der Waals surface area contributed by atoms with Crippen LogP contribution in [0.1, 0.15) is 0 Å². The first-order valence-electron chi connectivity index (χ1n) is 4.63. The van der Waals surface area contributed by atoms with Gasteiger partial charge < -0.3 is 15.4 Å². The molecule has 2 rings (SSSR count). The molecule has 1 aliphatic heterocycles. The van der Waals surface area contributed by atoms with E-state index in [2.05, 4.69) is 26.6 Å². The van der Waals surface area contributed by atoms with Crippen molar-refractivity contribution in [1.29, 1.82) is 0 Å². The summed E-state index contributed by atoms with van der Waals surface area (Å²) >= 11 is 3.42. The second-order valence-electron chi connectivity index (χ2n) is 3.35. The predicted octanol–water partition coefficient (Wildman–Crippen LogP) is 1.84. The number of rotatable bonds is 2. The minimum Gasteiger partial charge on any atom is -0.489 e. The van der Waals surface area contributed by atoms with Crippen LogP contribution in [-0.2, 0) is 0 Å². The van der Waals surface area contributed by atoms with Crippen molar-refractivity contribution in [2.75, 3.05) is 25.5 Å². The highest BCUT2D eigenvalue weighted by Crippen LogP contribution is 2.31. The Balaban J connectivity index is 2.15. The molecule has 1 unspecified atom stereocenters. The fraction of sp³-hybridized carbons (Fsp3) is 0.400. The second kappa shape index (κ2) is 4.19. The van der Waals surface area contributed by atoms with Crippen molar-refractivity contribution in [3.8, 4) is 5.75 Å². The maximum atomic E-state index is 5.64. The van der Waals surface area contributed by atoms with Gasteiger partial charge in [-0.3, -0.25) is 0 Å². The molecule has 0 radical (unpaired) electrons. The van der Waals surface area contributed by atoms with Crippen LogP contribution in [0.15, 0.2) is 22.7 Å². The molecule has 0 spiro atoms. The second-order valence-corrected chi connectivity index (χ2v) is 4.27. The van der Waals surface area contributed by atoms with E-state index in [4.69, 9.17) is 4.74 Å². The summed E-state index contributed by atoms with van der Waals surface area (Å²) in [6.45, 7) is 1.62. The van der Waals surface area contributed by atoms with Gasteiger partial charge in [0.1, 0.15) is 12.4 Å². The number of fused-ring (bicyclic) bond motifs is 1. The molecule has 1 aliphatic rings. The Morgan fingerprint density at radius 2 is 2.50 bits per heavy atom. The van der Waals surface area contributed by atoms with Gasteiger partial charge in [0.05, 0.1) is 11.7 Å². The summed E-state index contributed by atoms with van der Waals surface area (Å²) in [5, 5.41) is 6.54. The van der Waals surface area contributed by atoms with Crippen LogP contribution in [0.3, 0.4) is 0 Å². The lowest BCUT2D eigenvalue weighted by Crippen LogP contribution is -2.38. The number of nitrogens with one attached hydrogen (secondary N) is 2. The maximum Gasteiger partial charge on any atom is 0.143 e. The van der Waals surface area contributed by atoms with E-state index in [-0.39, 0.29) is 0 Å². The van der Waals surface area contributed by atoms with Crippen LogP contribution in [0.5, 0.6) is 5.75 Å². The van der Waals surface area contributed by atoms with Crippen LogP contribution < -0.4 is 15.4 Å². The Kier molecular flexibility index (Phi) is 2.93. The van der Waals surface area contributed by atoms with Crippen molar-refractivity contribution in [1.82, 2.24) is 5.32 Å². The fourth-order valence-electron chi connectivity index (χ4n) is 1.54. The lowest BCUT2D eigenvalue weighted by molar-refractivity contribution is 0.282. The normalized spacial score (nSPS) is 19.4. The van der Waals surface area contributed by atoms with Gasteiger partial charge in [0, 0.05) is 11.0 Å². The topological polar surface area (TPSA) is 33.3 Å². The molecule has 14 heavy (non-hydrogen) atoms. The summed E-state index contributed by atoms with van der Waals surface area (Å²) < 4.78 is 6.68. The predicted molar refractivity (Wildman–Crippen MR) is 61.0 cm³/mol. The Bertz CT molecular complexity index is 330. The summed E-state index contributed by atoms with van der Waals surface area (Å²) in [5.41, 5.74) is 1.07. The Labute approximate surface area is 92.0 Å². The molecule has 2 N–H and O–H groups in total. The quantitative estimate of drug-likeness (QED) is 0.848. The molecule has 4 heteroatoms. The van der Waals surface area contributed by atoms with Crippen LogP contribution in [0.4, 0.5) is 5.69 Å². The van der Waals surface area contributed by atoms with Crippen LogP contribution in [0.25, 0.3) is 0 Å². The highest BCUT2D eigenvalue weighted by Gasteiger charge is 2.17. The Morgan fingerprint density at radius 3 is 3.29 bits per heavy atom. The van der Waals surface area contributed by atoms with Gasteiger partial charge in [0.15, 0.2) is 0 Å². The number of hydrogen-bond acceptors (Lipinski definition) is 3. The molecule has 0 aliphatic carbocycles. The molecule has 1 heterocycles. The third kappa shape index (κ3) is 2.01. The van der Waals surface area contributed by atoms with Crippen molar-refractivity contribution in [3.63, 3.8) is 0 Å². The van der Waals surface area contributed by atoms with E-state index in [1.807, 2.05) is 25.2 Å². The molecular formula is C10H13BrN2O. The highest BCUT2D eigenvalue weighted by atomic mass is 79.9. The van der Waals surface area contributed by atoms with Crippen molar-refractivity contribution >= 4 is 21.6 Å². The third-order valence-electron chi connectivity index (χ3n) is 2.19. The molecule has 76 valence electrons. The highest BCUT2D eigenvalue weighted by molar-refractivity contribution is 9.10. The average Bonchev–Trinajstić information content (AvgIpc) is 2.19. The molecule has 3 nitrogen and oxygen atoms in total. The smallest absolute Gasteiger partial charge is 0.143 e. The van der Waals surface area contributed by atoms with Crippen LogP contribution in [0.2, 0.25) is 0 Å². The number of anilines is 1. The maximum absolute atomic E-state index is 5.64. The van der Waals surface area contributed by atoms with Gasteiger partial charge in [-0.25, -0.2) is 0 Å². The standard InChI is InChI=1S/C10H13BrN2O/c1-12-5-8-6-14-10-4-7(11)2-3-9(10)13-8/h2-4,8,12-13H,5-6H2,1H3. The minimum atomic E-state index is 0.355. The molecule has 0 aromatic heterocycles. The number of benzene rings is 1. The van der Waals surface area contributed by atoms with Crippen molar-refractivity contribution < 1.29 is 4.74 Å². The van der Waals surface area contributed by atoms with Gasteiger partial charge in [-0.2, -0.15) is 0 Å². The van der Waals surface area contributed by atoms with Gasteiger partial charge in [0.2, 0.25) is 0 Å². The fourth-order valence-corrected chi connectivity index (χ4v) is 1.88. The monoisotopic (exact) mass is 256 g/mol. The zero-order valence-electron chi connectivity index (χ0n) is 8.01. The number of ether oxygens (including phenoxy) is 1. The van der Waals surface area contributed by atoms with Crippen LogP contribution >= 0.6 is 15.9 Å². The molecule has 1 aromatic carbocycles.